The van der Waals surface area contributed by atoms with Crippen LogP contribution in [0.1, 0.15) is 58.4 Å². The molecule has 0 radical (unpaired) electrons. The molecule has 1 unspecified atom stereocenters. The van der Waals surface area contributed by atoms with E-state index < -0.39 is 0 Å². The van der Waals surface area contributed by atoms with Gasteiger partial charge in [0.2, 0.25) is 0 Å². The summed E-state index contributed by atoms with van der Waals surface area (Å²) >= 11 is 0. The molecule has 2 rings (SSSR count). The minimum absolute atomic E-state index is 0.160. The number of benzene rings is 1. The molecule has 18 heavy (non-hydrogen) atoms. The molecule has 0 aliphatic heterocycles. The van der Waals surface area contributed by atoms with Crippen LogP contribution in [-0.4, -0.2) is 6.04 Å². The summed E-state index contributed by atoms with van der Waals surface area (Å²) in [6, 6.07) is 11.2. The van der Waals surface area contributed by atoms with Gasteiger partial charge in [0, 0.05) is 11.5 Å². The molecule has 1 aromatic rings. The monoisotopic (exact) mass is 245 g/mol. The number of hydrogen-bond donors (Lipinski definition) is 1. The van der Waals surface area contributed by atoms with E-state index in [1.807, 2.05) is 0 Å². The third kappa shape index (κ3) is 2.47. The van der Waals surface area contributed by atoms with E-state index in [2.05, 4.69) is 51.1 Å². The minimum Gasteiger partial charge on any atom is -0.326 e. The van der Waals surface area contributed by atoms with Crippen LogP contribution in [0.15, 0.2) is 30.3 Å². The first-order valence-electron chi connectivity index (χ1n) is 7.28. The summed E-state index contributed by atoms with van der Waals surface area (Å²) in [6.45, 7) is 6.82. The first-order chi connectivity index (χ1) is 8.47. The molecule has 1 aliphatic rings. The van der Waals surface area contributed by atoms with Gasteiger partial charge in [0.25, 0.3) is 0 Å². The molecule has 0 aromatic heterocycles. The maximum Gasteiger partial charge on any atom is 0.0185 e. The topological polar surface area (TPSA) is 26.0 Å². The van der Waals surface area contributed by atoms with Gasteiger partial charge in [-0.25, -0.2) is 0 Å². The Morgan fingerprint density at radius 1 is 1.00 bits per heavy atom. The Hall–Kier alpha value is -0.820. The van der Waals surface area contributed by atoms with Gasteiger partial charge in [-0.1, -0.05) is 70.4 Å². The average molecular weight is 245 g/mol. The number of rotatable bonds is 2. The highest BCUT2D eigenvalue weighted by atomic mass is 14.7. The molecule has 0 amide bonds. The standard InChI is InChI=1S/C17H27N/c1-16(2,3)15(18)17(12-8-5-9-13-17)14-10-6-4-7-11-14/h4,6-7,10-11,15H,5,8-9,12-13,18H2,1-3H3. The lowest BCUT2D eigenvalue weighted by Crippen LogP contribution is -2.53. The summed E-state index contributed by atoms with van der Waals surface area (Å²) in [5.74, 6) is 0. The Balaban J connectivity index is 2.41. The van der Waals surface area contributed by atoms with E-state index in [1.54, 1.807) is 0 Å². The highest BCUT2D eigenvalue weighted by Crippen LogP contribution is 2.46. The van der Waals surface area contributed by atoms with Crippen LogP contribution in [0.2, 0.25) is 0 Å². The summed E-state index contributed by atoms with van der Waals surface area (Å²) in [6.07, 6.45) is 6.49. The summed E-state index contributed by atoms with van der Waals surface area (Å²) < 4.78 is 0. The quantitative estimate of drug-likeness (QED) is 0.827. The largest absolute Gasteiger partial charge is 0.326 e. The van der Waals surface area contributed by atoms with E-state index in [-0.39, 0.29) is 16.9 Å². The Morgan fingerprint density at radius 2 is 1.56 bits per heavy atom. The highest BCUT2D eigenvalue weighted by molar-refractivity contribution is 5.29. The van der Waals surface area contributed by atoms with E-state index in [0.29, 0.717) is 0 Å². The van der Waals surface area contributed by atoms with Crippen molar-refractivity contribution in [3.05, 3.63) is 35.9 Å². The van der Waals surface area contributed by atoms with Gasteiger partial charge in [-0.2, -0.15) is 0 Å². The van der Waals surface area contributed by atoms with Gasteiger partial charge in [-0.05, 0) is 23.8 Å². The molecular formula is C17H27N. The maximum absolute atomic E-state index is 6.69. The van der Waals surface area contributed by atoms with Gasteiger partial charge in [-0.3, -0.25) is 0 Å². The van der Waals surface area contributed by atoms with Gasteiger partial charge in [0.1, 0.15) is 0 Å². The SMILES string of the molecule is CC(C)(C)C(N)C1(c2ccccc2)CCCCC1. The molecule has 1 aliphatic carbocycles. The predicted molar refractivity (Wildman–Crippen MR) is 78.6 cm³/mol. The van der Waals surface area contributed by atoms with Crippen LogP contribution < -0.4 is 5.73 Å². The van der Waals surface area contributed by atoms with Crippen molar-refractivity contribution >= 4 is 0 Å². The van der Waals surface area contributed by atoms with Crippen LogP contribution in [0.3, 0.4) is 0 Å². The van der Waals surface area contributed by atoms with Crippen LogP contribution >= 0.6 is 0 Å². The zero-order valence-electron chi connectivity index (χ0n) is 12.1. The molecule has 1 aromatic carbocycles. The number of nitrogens with two attached hydrogens (primary N) is 1. The van der Waals surface area contributed by atoms with E-state index in [4.69, 9.17) is 5.73 Å². The molecule has 1 heteroatoms. The van der Waals surface area contributed by atoms with Gasteiger partial charge >= 0.3 is 0 Å². The zero-order valence-corrected chi connectivity index (χ0v) is 12.1. The first-order valence-corrected chi connectivity index (χ1v) is 7.28. The van der Waals surface area contributed by atoms with Crippen molar-refractivity contribution < 1.29 is 0 Å². The van der Waals surface area contributed by atoms with Crippen LogP contribution in [0.5, 0.6) is 0 Å². The molecule has 1 atom stereocenters. The molecule has 0 spiro atoms. The normalized spacial score (nSPS) is 21.6. The van der Waals surface area contributed by atoms with Crippen LogP contribution in [0.4, 0.5) is 0 Å². The molecular weight excluding hydrogens is 218 g/mol. The maximum atomic E-state index is 6.69. The average Bonchev–Trinajstić information content (AvgIpc) is 2.39. The second-order valence-electron chi connectivity index (χ2n) is 6.93. The molecule has 2 N–H and O–H groups in total. The Labute approximate surface area is 112 Å². The fraction of sp³-hybridized carbons (Fsp3) is 0.647. The molecule has 100 valence electrons. The Bertz CT molecular complexity index is 368. The summed E-state index contributed by atoms with van der Waals surface area (Å²) in [7, 11) is 0. The van der Waals surface area contributed by atoms with Gasteiger partial charge in [0.15, 0.2) is 0 Å². The molecule has 0 heterocycles. The second-order valence-corrected chi connectivity index (χ2v) is 6.93. The summed E-state index contributed by atoms with van der Waals surface area (Å²) in [4.78, 5) is 0. The van der Waals surface area contributed by atoms with Crippen molar-refractivity contribution in [1.29, 1.82) is 0 Å². The van der Waals surface area contributed by atoms with Gasteiger partial charge in [0.05, 0.1) is 0 Å². The minimum atomic E-state index is 0.160. The van der Waals surface area contributed by atoms with Gasteiger partial charge in [-0.15, -0.1) is 0 Å². The van der Waals surface area contributed by atoms with Crippen molar-refractivity contribution in [3.63, 3.8) is 0 Å². The zero-order chi connectivity index (χ0) is 13.2. The Morgan fingerprint density at radius 3 is 2.06 bits per heavy atom. The molecule has 0 bridgehead atoms. The Kier molecular flexibility index (Phi) is 3.82. The molecule has 1 saturated carbocycles. The summed E-state index contributed by atoms with van der Waals surface area (Å²) in [5, 5.41) is 0. The lowest BCUT2D eigenvalue weighted by Gasteiger charge is -2.48. The predicted octanol–water partition coefficient (Wildman–Crippen LogP) is 4.26. The van der Waals surface area contributed by atoms with Crippen LogP contribution in [0, 0.1) is 5.41 Å². The second kappa shape index (κ2) is 5.05. The van der Waals surface area contributed by atoms with Crippen LogP contribution in [0.25, 0.3) is 0 Å². The summed E-state index contributed by atoms with van der Waals surface area (Å²) in [5.41, 5.74) is 8.50. The highest BCUT2D eigenvalue weighted by Gasteiger charge is 2.44. The van der Waals surface area contributed by atoms with Crippen molar-refractivity contribution in [2.45, 2.75) is 64.3 Å². The fourth-order valence-corrected chi connectivity index (χ4v) is 3.56. The first kappa shape index (κ1) is 13.6. The fourth-order valence-electron chi connectivity index (χ4n) is 3.56. The molecule has 1 nitrogen and oxygen atoms in total. The lowest BCUT2D eigenvalue weighted by atomic mass is 9.59. The molecule has 1 fully saturated rings. The smallest absolute Gasteiger partial charge is 0.0185 e. The van der Waals surface area contributed by atoms with E-state index in [1.165, 1.54) is 37.7 Å². The third-order valence-corrected chi connectivity index (χ3v) is 4.62. The van der Waals surface area contributed by atoms with E-state index in [9.17, 15) is 0 Å². The van der Waals surface area contributed by atoms with E-state index in [0.717, 1.165) is 0 Å². The van der Waals surface area contributed by atoms with Crippen molar-refractivity contribution in [2.75, 3.05) is 0 Å². The number of hydrogen-bond acceptors (Lipinski definition) is 1. The third-order valence-electron chi connectivity index (χ3n) is 4.62. The van der Waals surface area contributed by atoms with Crippen LogP contribution in [-0.2, 0) is 5.41 Å². The van der Waals surface area contributed by atoms with Gasteiger partial charge < -0.3 is 5.73 Å². The van der Waals surface area contributed by atoms with E-state index >= 15 is 0 Å². The molecule has 0 saturated heterocycles. The lowest BCUT2D eigenvalue weighted by molar-refractivity contribution is 0.152. The van der Waals surface area contributed by atoms with Crippen molar-refractivity contribution in [3.8, 4) is 0 Å². The van der Waals surface area contributed by atoms with Crippen molar-refractivity contribution in [2.24, 2.45) is 11.1 Å². The van der Waals surface area contributed by atoms with Crippen molar-refractivity contribution in [1.82, 2.24) is 0 Å².